The van der Waals surface area contributed by atoms with E-state index in [0.717, 1.165) is 47.1 Å². The van der Waals surface area contributed by atoms with Crippen molar-refractivity contribution in [1.82, 2.24) is 25.1 Å². The van der Waals surface area contributed by atoms with Crippen molar-refractivity contribution >= 4 is 27.4 Å². The van der Waals surface area contributed by atoms with Gasteiger partial charge in [0.25, 0.3) is 0 Å². The quantitative estimate of drug-likeness (QED) is 0.769. The Kier molecular flexibility index (Phi) is 3.47. The summed E-state index contributed by atoms with van der Waals surface area (Å²) in [6.45, 7) is 3.40. The van der Waals surface area contributed by atoms with Crippen LogP contribution in [0.15, 0.2) is 11.7 Å². The van der Waals surface area contributed by atoms with Crippen molar-refractivity contribution in [1.29, 1.82) is 0 Å². The number of fused-ring (bicyclic) bond motifs is 1. The molecule has 4 heterocycles. The van der Waals surface area contributed by atoms with E-state index >= 15 is 0 Å². The number of anilines is 1. The standard InChI is InChI=1S/C14H16N6OS/c1-8-6-22-14-11(8)13(16-7-17-14)15-5-10-18-12(20-19-10)9-3-2-4-21-9/h6-7,9H,2-5H2,1H3,(H,15,16,17)(H,18,19,20)/t9-/m0/s1. The van der Waals surface area contributed by atoms with Crippen LogP contribution >= 0.6 is 11.3 Å². The molecular weight excluding hydrogens is 300 g/mol. The maximum atomic E-state index is 5.59. The number of aromatic nitrogens is 5. The third-order valence-electron chi connectivity index (χ3n) is 3.74. The van der Waals surface area contributed by atoms with E-state index in [1.165, 1.54) is 5.56 Å². The number of hydrogen-bond donors (Lipinski definition) is 2. The number of H-pyrrole nitrogens is 1. The first-order valence-corrected chi connectivity index (χ1v) is 8.14. The molecule has 0 unspecified atom stereocenters. The molecule has 1 atom stereocenters. The number of nitrogens with one attached hydrogen (secondary N) is 2. The first-order chi connectivity index (χ1) is 10.8. The van der Waals surface area contributed by atoms with E-state index in [2.05, 4.69) is 42.8 Å². The minimum absolute atomic E-state index is 0.0369. The summed E-state index contributed by atoms with van der Waals surface area (Å²) in [5.41, 5.74) is 1.18. The van der Waals surface area contributed by atoms with Crippen LogP contribution in [-0.4, -0.2) is 31.8 Å². The molecule has 1 aliphatic rings. The Morgan fingerprint density at radius 1 is 1.45 bits per heavy atom. The van der Waals surface area contributed by atoms with Crippen molar-refractivity contribution < 1.29 is 4.74 Å². The molecule has 22 heavy (non-hydrogen) atoms. The van der Waals surface area contributed by atoms with Crippen molar-refractivity contribution in [2.24, 2.45) is 0 Å². The van der Waals surface area contributed by atoms with Crippen molar-refractivity contribution in [2.45, 2.75) is 32.4 Å². The fourth-order valence-electron chi connectivity index (χ4n) is 2.63. The average Bonchev–Trinajstić information content (AvgIpc) is 3.26. The van der Waals surface area contributed by atoms with Gasteiger partial charge in [0.05, 0.1) is 11.9 Å². The summed E-state index contributed by atoms with van der Waals surface area (Å²) in [6, 6.07) is 0. The molecule has 3 aromatic rings. The maximum absolute atomic E-state index is 5.59. The van der Waals surface area contributed by atoms with Gasteiger partial charge in [-0.15, -0.1) is 11.3 Å². The predicted octanol–water partition coefficient (Wildman–Crippen LogP) is 2.58. The number of hydrogen-bond acceptors (Lipinski definition) is 7. The van der Waals surface area contributed by atoms with Crippen LogP contribution in [0, 0.1) is 6.92 Å². The normalized spacial score (nSPS) is 18.1. The highest BCUT2D eigenvalue weighted by Crippen LogP contribution is 2.29. The molecule has 2 N–H and O–H groups in total. The van der Waals surface area contributed by atoms with Gasteiger partial charge in [0.15, 0.2) is 5.82 Å². The van der Waals surface area contributed by atoms with Crippen molar-refractivity contribution in [3.05, 3.63) is 28.9 Å². The lowest BCUT2D eigenvalue weighted by molar-refractivity contribution is 0.105. The van der Waals surface area contributed by atoms with Crippen LogP contribution in [0.1, 0.15) is 36.2 Å². The Hall–Kier alpha value is -2.06. The van der Waals surface area contributed by atoms with E-state index < -0.39 is 0 Å². The smallest absolute Gasteiger partial charge is 0.179 e. The minimum Gasteiger partial charge on any atom is -0.370 e. The van der Waals surface area contributed by atoms with Crippen molar-refractivity contribution in [3.63, 3.8) is 0 Å². The lowest BCUT2D eigenvalue weighted by atomic mass is 10.2. The van der Waals surface area contributed by atoms with E-state index in [-0.39, 0.29) is 6.10 Å². The number of ether oxygens (including phenoxy) is 1. The summed E-state index contributed by atoms with van der Waals surface area (Å²) < 4.78 is 5.59. The highest BCUT2D eigenvalue weighted by atomic mass is 32.1. The van der Waals surface area contributed by atoms with Gasteiger partial charge >= 0.3 is 0 Å². The number of aromatic amines is 1. The molecule has 7 nitrogen and oxygen atoms in total. The van der Waals surface area contributed by atoms with Crippen LogP contribution in [0.2, 0.25) is 0 Å². The summed E-state index contributed by atoms with van der Waals surface area (Å²) in [5.74, 6) is 2.36. The fraction of sp³-hybridized carbons (Fsp3) is 0.429. The molecule has 114 valence electrons. The van der Waals surface area contributed by atoms with Crippen LogP contribution in [-0.2, 0) is 11.3 Å². The molecule has 3 aromatic heterocycles. The van der Waals surface area contributed by atoms with E-state index in [9.17, 15) is 0 Å². The van der Waals surface area contributed by atoms with Crippen LogP contribution in [0.25, 0.3) is 10.2 Å². The molecule has 0 aliphatic carbocycles. The van der Waals surface area contributed by atoms with E-state index in [1.807, 2.05) is 0 Å². The summed E-state index contributed by atoms with van der Waals surface area (Å²) in [5, 5.41) is 13.7. The van der Waals surface area contributed by atoms with Gasteiger partial charge < -0.3 is 10.1 Å². The highest BCUT2D eigenvalue weighted by molar-refractivity contribution is 7.17. The molecule has 0 saturated carbocycles. The Morgan fingerprint density at radius 3 is 3.27 bits per heavy atom. The molecule has 1 fully saturated rings. The third kappa shape index (κ3) is 2.44. The van der Waals surface area contributed by atoms with E-state index in [0.29, 0.717) is 6.54 Å². The number of nitrogens with zero attached hydrogens (tertiary/aromatic N) is 4. The molecular formula is C14H16N6OS. The Balaban J connectivity index is 1.51. The lowest BCUT2D eigenvalue weighted by Crippen LogP contribution is -2.04. The van der Waals surface area contributed by atoms with E-state index in [1.54, 1.807) is 17.7 Å². The molecule has 0 radical (unpaired) electrons. The largest absolute Gasteiger partial charge is 0.370 e. The zero-order valence-electron chi connectivity index (χ0n) is 12.2. The second-order valence-corrected chi connectivity index (χ2v) is 6.17. The number of aryl methyl sites for hydroxylation is 1. The first-order valence-electron chi connectivity index (χ1n) is 7.26. The van der Waals surface area contributed by atoms with Gasteiger partial charge in [-0.25, -0.2) is 15.0 Å². The van der Waals surface area contributed by atoms with Crippen LogP contribution in [0.3, 0.4) is 0 Å². The second kappa shape index (κ2) is 5.62. The van der Waals surface area contributed by atoms with Gasteiger partial charge in [-0.05, 0) is 30.7 Å². The van der Waals surface area contributed by atoms with Gasteiger partial charge in [0.2, 0.25) is 0 Å². The first kappa shape index (κ1) is 13.6. The zero-order valence-corrected chi connectivity index (χ0v) is 13.0. The average molecular weight is 316 g/mol. The van der Waals surface area contributed by atoms with Gasteiger partial charge in [0.1, 0.15) is 28.9 Å². The summed E-state index contributed by atoms with van der Waals surface area (Å²) in [7, 11) is 0. The third-order valence-corrected chi connectivity index (χ3v) is 4.75. The second-order valence-electron chi connectivity index (χ2n) is 5.32. The number of thiophene rings is 1. The van der Waals surface area contributed by atoms with E-state index in [4.69, 9.17) is 4.74 Å². The number of rotatable bonds is 4. The molecule has 0 spiro atoms. The Bertz CT molecular complexity index is 792. The SMILES string of the molecule is Cc1csc2ncnc(NCc3nc([C@@H]4CCCO4)n[nH]3)c12. The Labute approximate surface area is 131 Å². The lowest BCUT2D eigenvalue weighted by Gasteiger charge is -2.05. The van der Waals surface area contributed by atoms with Gasteiger partial charge in [-0.3, -0.25) is 5.10 Å². The van der Waals surface area contributed by atoms with Gasteiger partial charge in [-0.1, -0.05) is 0 Å². The molecule has 0 bridgehead atoms. The molecule has 1 aliphatic heterocycles. The fourth-order valence-corrected chi connectivity index (χ4v) is 3.52. The Morgan fingerprint density at radius 2 is 2.41 bits per heavy atom. The van der Waals surface area contributed by atoms with Crippen molar-refractivity contribution in [3.8, 4) is 0 Å². The molecule has 0 aromatic carbocycles. The van der Waals surface area contributed by atoms with Crippen LogP contribution in [0.5, 0.6) is 0 Å². The summed E-state index contributed by atoms with van der Waals surface area (Å²) in [4.78, 5) is 14.1. The van der Waals surface area contributed by atoms with Crippen LogP contribution in [0.4, 0.5) is 5.82 Å². The zero-order chi connectivity index (χ0) is 14.9. The van der Waals surface area contributed by atoms with Gasteiger partial charge in [0, 0.05) is 6.61 Å². The summed E-state index contributed by atoms with van der Waals surface area (Å²) >= 11 is 1.63. The minimum atomic E-state index is 0.0369. The van der Waals surface area contributed by atoms with Gasteiger partial charge in [-0.2, -0.15) is 5.10 Å². The summed E-state index contributed by atoms with van der Waals surface area (Å²) in [6.07, 6.45) is 3.68. The molecule has 0 amide bonds. The highest BCUT2D eigenvalue weighted by Gasteiger charge is 2.21. The monoisotopic (exact) mass is 316 g/mol. The molecule has 8 heteroatoms. The topological polar surface area (TPSA) is 88.6 Å². The predicted molar refractivity (Wildman–Crippen MR) is 83.8 cm³/mol. The van der Waals surface area contributed by atoms with Crippen LogP contribution < -0.4 is 5.32 Å². The molecule has 1 saturated heterocycles. The maximum Gasteiger partial charge on any atom is 0.179 e. The van der Waals surface area contributed by atoms with Crippen molar-refractivity contribution in [2.75, 3.05) is 11.9 Å². The molecule has 4 rings (SSSR count).